The minimum absolute atomic E-state index is 0.284. The zero-order valence-corrected chi connectivity index (χ0v) is 10.6. The topological polar surface area (TPSA) is 56.3 Å². The molecule has 1 aromatic heterocycles. The van der Waals surface area contributed by atoms with Crippen molar-refractivity contribution in [1.29, 1.82) is 0 Å². The zero-order valence-electron chi connectivity index (χ0n) is 10.6. The van der Waals surface area contributed by atoms with Gasteiger partial charge >= 0.3 is 0 Å². The van der Waals surface area contributed by atoms with Gasteiger partial charge in [-0.25, -0.2) is 9.97 Å². The third-order valence-corrected chi connectivity index (χ3v) is 3.15. The molecule has 1 aliphatic rings. The predicted octanol–water partition coefficient (Wildman–Crippen LogP) is 1.17. The minimum atomic E-state index is 0.284. The number of hydrogen-bond acceptors (Lipinski definition) is 5. The first kappa shape index (κ1) is 12.1. The predicted molar refractivity (Wildman–Crippen MR) is 64.4 cm³/mol. The Kier molecular flexibility index (Phi) is 3.78. The molecule has 1 fully saturated rings. The van der Waals surface area contributed by atoms with Crippen molar-refractivity contribution in [3.8, 4) is 11.8 Å². The first-order valence-electron chi connectivity index (χ1n) is 5.91. The van der Waals surface area contributed by atoms with Gasteiger partial charge in [-0.1, -0.05) is 0 Å². The molecule has 0 amide bonds. The SMILES string of the molecule is CNCC1CC(Oc2ncnc(OC)c2C)C1. The first-order chi connectivity index (χ1) is 8.24. The van der Waals surface area contributed by atoms with E-state index in [-0.39, 0.29) is 6.10 Å². The van der Waals surface area contributed by atoms with Crippen molar-refractivity contribution in [1.82, 2.24) is 15.3 Å². The zero-order chi connectivity index (χ0) is 12.3. The third kappa shape index (κ3) is 2.66. The molecule has 0 atom stereocenters. The van der Waals surface area contributed by atoms with Gasteiger partial charge in [-0.3, -0.25) is 0 Å². The van der Waals surface area contributed by atoms with E-state index in [0.717, 1.165) is 30.9 Å². The molecule has 0 aliphatic heterocycles. The molecule has 1 heterocycles. The summed E-state index contributed by atoms with van der Waals surface area (Å²) >= 11 is 0. The second-order valence-electron chi connectivity index (χ2n) is 4.45. The number of rotatable bonds is 5. The van der Waals surface area contributed by atoms with Crippen LogP contribution in [0.15, 0.2) is 6.33 Å². The van der Waals surface area contributed by atoms with Gasteiger partial charge < -0.3 is 14.8 Å². The highest BCUT2D eigenvalue weighted by atomic mass is 16.5. The molecule has 2 rings (SSSR count). The molecule has 94 valence electrons. The molecule has 5 nitrogen and oxygen atoms in total. The summed E-state index contributed by atoms with van der Waals surface area (Å²) in [6.45, 7) is 2.98. The number of nitrogens with zero attached hydrogens (tertiary/aromatic N) is 2. The Morgan fingerprint density at radius 2 is 2.06 bits per heavy atom. The Labute approximate surface area is 102 Å². The van der Waals surface area contributed by atoms with Crippen LogP contribution in [0.25, 0.3) is 0 Å². The first-order valence-corrected chi connectivity index (χ1v) is 5.91. The maximum Gasteiger partial charge on any atom is 0.223 e. The van der Waals surface area contributed by atoms with Crippen LogP contribution in [0.1, 0.15) is 18.4 Å². The van der Waals surface area contributed by atoms with E-state index in [0.29, 0.717) is 11.8 Å². The summed E-state index contributed by atoms with van der Waals surface area (Å²) in [5, 5.41) is 3.18. The highest BCUT2D eigenvalue weighted by Gasteiger charge is 2.31. The summed E-state index contributed by atoms with van der Waals surface area (Å²) in [6.07, 6.45) is 3.94. The molecule has 17 heavy (non-hydrogen) atoms. The second kappa shape index (κ2) is 5.31. The van der Waals surface area contributed by atoms with Crippen molar-refractivity contribution >= 4 is 0 Å². The molecule has 1 N–H and O–H groups in total. The molecule has 0 unspecified atom stereocenters. The van der Waals surface area contributed by atoms with E-state index >= 15 is 0 Å². The molecule has 1 aromatic rings. The van der Waals surface area contributed by atoms with Crippen LogP contribution in [0.4, 0.5) is 0 Å². The quantitative estimate of drug-likeness (QED) is 0.833. The van der Waals surface area contributed by atoms with Gasteiger partial charge in [-0.15, -0.1) is 0 Å². The van der Waals surface area contributed by atoms with Crippen molar-refractivity contribution in [3.05, 3.63) is 11.9 Å². The molecule has 5 heteroatoms. The van der Waals surface area contributed by atoms with E-state index < -0.39 is 0 Å². The minimum Gasteiger partial charge on any atom is -0.481 e. The summed E-state index contributed by atoms with van der Waals surface area (Å²) in [5.41, 5.74) is 0.868. The van der Waals surface area contributed by atoms with E-state index in [2.05, 4.69) is 15.3 Å². The van der Waals surface area contributed by atoms with Gasteiger partial charge in [0.1, 0.15) is 12.4 Å². The Balaban J connectivity index is 1.92. The average Bonchev–Trinajstić information content (AvgIpc) is 2.28. The fourth-order valence-corrected chi connectivity index (χ4v) is 2.13. The van der Waals surface area contributed by atoms with Gasteiger partial charge in [0, 0.05) is 0 Å². The molecular formula is C12H19N3O2. The smallest absolute Gasteiger partial charge is 0.223 e. The van der Waals surface area contributed by atoms with Crippen LogP contribution < -0.4 is 14.8 Å². The number of ether oxygens (including phenoxy) is 2. The Morgan fingerprint density at radius 3 is 2.71 bits per heavy atom. The molecule has 0 spiro atoms. The van der Waals surface area contributed by atoms with Crippen molar-refractivity contribution in [2.24, 2.45) is 5.92 Å². The lowest BCUT2D eigenvalue weighted by atomic mass is 9.82. The van der Waals surface area contributed by atoms with Gasteiger partial charge in [-0.05, 0) is 39.3 Å². The van der Waals surface area contributed by atoms with Crippen molar-refractivity contribution < 1.29 is 9.47 Å². The molecule has 1 aliphatic carbocycles. The van der Waals surface area contributed by atoms with Crippen LogP contribution in [0.3, 0.4) is 0 Å². The second-order valence-corrected chi connectivity index (χ2v) is 4.45. The van der Waals surface area contributed by atoms with Gasteiger partial charge in [0.15, 0.2) is 0 Å². The van der Waals surface area contributed by atoms with Crippen molar-refractivity contribution in [2.45, 2.75) is 25.9 Å². The van der Waals surface area contributed by atoms with Crippen LogP contribution >= 0.6 is 0 Å². The molecule has 0 radical (unpaired) electrons. The van der Waals surface area contributed by atoms with Crippen molar-refractivity contribution in [3.63, 3.8) is 0 Å². The molecular weight excluding hydrogens is 218 g/mol. The standard InChI is InChI=1S/C12H19N3O2/c1-8-11(16-3)14-7-15-12(8)17-10-4-9(5-10)6-13-2/h7,9-10,13H,4-6H2,1-3H3. The van der Waals surface area contributed by atoms with Gasteiger partial charge in [0.25, 0.3) is 0 Å². The van der Waals surface area contributed by atoms with Crippen LogP contribution in [0.2, 0.25) is 0 Å². The maximum absolute atomic E-state index is 5.84. The molecule has 0 bridgehead atoms. The summed E-state index contributed by atoms with van der Waals surface area (Å²) in [6, 6.07) is 0. The van der Waals surface area contributed by atoms with Crippen LogP contribution in [0, 0.1) is 12.8 Å². The summed E-state index contributed by atoms with van der Waals surface area (Å²) in [7, 11) is 3.58. The summed E-state index contributed by atoms with van der Waals surface area (Å²) in [4.78, 5) is 8.18. The highest BCUT2D eigenvalue weighted by molar-refractivity contribution is 5.32. The van der Waals surface area contributed by atoms with E-state index in [1.54, 1.807) is 7.11 Å². The van der Waals surface area contributed by atoms with Crippen LogP contribution in [-0.2, 0) is 0 Å². The number of nitrogens with one attached hydrogen (secondary N) is 1. The number of aromatic nitrogens is 2. The summed E-state index contributed by atoms with van der Waals surface area (Å²) < 4.78 is 11.0. The van der Waals surface area contributed by atoms with Gasteiger partial charge in [-0.2, -0.15) is 0 Å². The van der Waals surface area contributed by atoms with Crippen molar-refractivity contribution in [2.75, 3.05) is 20.7 Å². The normalized spacial score (nSPS) is 23.0. The molecule has 0 saturated heterocycles. The summed E-state index contributed by atoms with van der Waals surface area (Å²) in [5.74, 6) is 1.96. The lowest BCUT2D eigenvalue weighted by Gasteiger charge is -2.35. The van der Waals surface area contributed by atoms with Gasteiger partial charge in [0.2, 0.25) is 11.8 Å². The highest BCUT2D eigenvalue weighted by Crippen LogP contribution is 2.32. The molecule has 0 aromatic carbocycles. The third-order valence-electron chi connectivity index (χ3n) is 3.15. The maximum atomic E-state index is 5.84. The average molecular weight is 237 g/mol. The Hall–Kier alpha value is -1.36. The van der Waals surface area contributed by atoms with Gasteiger partial charge in [0.05, 0.1) is 12.7 Å². The fourth-order valence-electron chi connectivity index (χ4n) is 2.13. The lowest BCUT2D eigenvalue weighted by molar-refractivity contribution is 0.0605. The molecule has 1 saturated carbocycles. The Bertz CT molecular complexity index is 378. The fraction of sp³-hybridized carbons (Fsp3) is 0.667. The van der Waals surface area contributed by atoms with Crippen LogP contribution in [0.5, 0.6) is 11.8 Å². The lowest BCUT2D eigenvalue weighted by Crippen LogP contribution is -2.38. The van der Waals surface area contributed by atoms with E-state index in [4.69, 9.17) is 9.47 Å². The largest absolute Gasteiger partial charge is 0.481 e. The monoisotopic (exact) mass is 237 g/mol. The van der Waals surface area contributed by atoms with E-state index in [1.807, 2.05) is 14.0 Å². The van der Waals surface area contributed by atoms with E-state index in [1.165, 1.54) is 6.33 Å². The number of hydrogen-bond donors (Lipinski definition) is 1. The van der Waals surface area contributed by atoms with Crippen LogP contribution in [-0.4, -0.2) is 36.8 Å². The van der Waals surface area contributed by atoms with E-state index in [9.17, 15) is 0 Å². The Morgan fingerprint density at radius 1 is 1.35 bits per heavy atom. The number of methoxy groups -OCH3 is 1.